The molecule has 0 saturated carbocycles. The van der Waals surface area contributed by atoms with Crippen molar-refractivity contribution in [3.63, 3.8) is 0 Å². The standard InChI is InChI=1S/C25H29ClN4O2/c1-18(2)24-22(16-28-30(24)21-10-6-9-20(26)15-21)25(31)27-17-23(19-7-4-3-5-8-19)29-11-13-32-14-12-29/h3-10,15-16,18,23H,11-14,17H2,1-2H3,(H,27,31). The van der Waals surface area contributed by atoms with Crippen LogP contribution in [0, 0.1) is 0 Å². The van der Waals surface area contributed by atoms with Gasteiger partial charge in [-0.05, 0) is 29.7 Å². The molecule has 32 heavy (non-hydrogen) atoms. The fraction of sp³-hybridized carbons (Fsp3) is 0.360. The van der Waals surface area contributed by atoms with Gasteiger partial charge in [0.2, 0.25) is 0 Å². The van der Waals surface area contributed by atoms with Gasteiger partial charge in [-0.25, -0.2) is 4.68 Å². The highest BCUT2D eigenvalue weighted by molar-refractivity contribution is 6.30. The van der Waals surface area contributed by atoms with Crippen LogP contribution >= 0.6 is 11.6 Å². The highest BCUT2D eigenvalue weighted by atomic mass is 35.5. The van der Waals surface area contributed by atoms with Gasteiger partial charge in [-0.2, -0.15) is 5.10 Å². The minimum Gasteiger partial charge on any atom is -0.379 e. The van der Waals surface area contributed by atoms with E-state index in [-0.39, 0.29) is 17.9 Å². The molecule has 1 unspecified atom stereocenters. The number of hydrogen-bond acceptors (Lipinski definition) is 4. The summed E-state index contributed by atoms with van der Waals surface area (Å²) in [7, 11) is 0. The van der Waals surface area contributed by atoms with E-state index < -0.39 is 0 Å². The van der Waals surface area contributed by atoms with Crippen LogP contribution in [0.1, 0.15) is 47.4 Å². The second-order valence-electron chi connectivity index (χ2n) is 8.27. The molecule has 7 heteroatoms. The molecule has 0 spiro atoms. The van der Waals surface area contributed by atoms with Crippen molar-refractivity contribution in [1.29, 1.82) is 0 Å². The SMILES string of the molecule is CC(C)c1c(C(=O)NCC(c2ccccc2)N2CCOCC2)cnn1-c1cccc(Cl)c1. The summed E-state index contributed by atoms with van der Waals surface area (Å²) < 4.78 is 7.33. The quantitative estimate of drug-likeness (QED) is 0.575. The molecule has 4 rings (SSSR count). The zero-order chi connectivity index (χ0) is 22.5. The molecule has 1 fully saturated rings. The van der Waals surface area contributed by atoms with Gasteiger partial charge in [-0.1, -0.05) is 61.8 Å². The fourth-order valence-electron chi connectivity index (χ4n) is 4.21. The monoisotopic (exact) mass is 452 g/mol. The van der Waals surface area contributed by atoms with Gasteiger partial charge in [0.25, 0.3) is 5.91 Å². The van der Waals surface area contributed by atoms with Crippen LogP contribution < -0.4 is 5.32 Å². The first-order valence-corrected chi connectivity index (χ1v) is 11.4. The number of morpholine rings is 1. The van der Waals surface area contributed by atoms with Crippen LogP contribution in [0.2, 0.25) is 5.02 Å². The first-order valence-electron chi connectivity index (χ1n) is 11.0. The molecular formula is C25H29ClN4O2. The topological polar surface area (TPSA) is 59.4 Å². The number of rotatable bonds is 7. The van der Waals surface area contributed by atoms with Crippen LogP contribution in [0.3, 0.4) is 0 Å². The lowest BCUT2D eigenvalue weighted by Gasteiger charge is -2.35. The Morgan fingerprint density at radius 3 is 2.56 bits per heavy atom. The van der Waals surface area contributed by atoms with Gasteiger partial charge in [-0.3, -0.25) is 9.69 Å². The number of nitrogens with one attached hydrogen (secondary N) is 1. The van der Waals surface area contributed by atoms with Gasteiger partial charge in [0.1, 0.15) is 0 Å². The maximum Gasteiger partial charge on any atom is 0.254 e. The third kappa shape index (κ3) is 5.04. The van der Waals surface area contributed by atoms with Crippen molar-refractivity contribution in [3.8, 4) is 5.69 Å². The molecule has 168 valence electrons. The summed E-state index contributed by atoms with van der Waals surface area (Å²) >= 11 is 6.18. The van der Waals surface area contributed by atoms with E-state index in [1.165, 1.54) is 5.56 Å². The Bertz CT molecular complexity index is 1050. The Kier molecular flexibility index (Phi) is 7.25. The summed E-state index contributed by atoms with van der Waals surface area (Å²) in [5.74, 6) is -0.00226. The average Bonchev–Trinajstić information content (AvgIpc) is 3.26. The third-order valence-electron chi connectivity index (χ3n) is 5.78. The summed E-state index contributed by atoms with van der Waals surface area (Å²) in [5.41, 5.74) is 3.49. The molecule has 1 amide bonds. The van der Waals surface area contributed by atoms with Gasteiger partial charge in [0.05, 0.1) is 42.4 Å². The molecule has 3 aromatic rings. The number of carbonyl (C=O) groups excluding carboxylic acids is 1. The normalized spacial score (nSPS) is 15.6. The molecule has 1 aliphatic rings. The zero-order valence-corrected chi connectivity index (χ0v) is 19.3. The van der Waals surface area contributed by atoms with Crippen LogP contribution in [-0.2, 0) is 4.74 Å². The van der Waals surface area contributed by atoms with E-state index in [1.54, 1.807) is 6.20 Å². The average molecular weight is 453 g/mol. The maximum atomic E-state index is 13.3. The zero-order valence-electron chi connectivity index (χ0n) is 18.5. The van der Waals surface area contributed by atoms with Gasteiger partial charge in [-0.15, -0.1) is 0 Å². The Labute approximate surface area is 194 Å². The molecule has 1 aromatic heterocycles. The second-order valence-corrected chi connectivity index (χ2v) is 8.71. The van der Waals surface area contributed by atoms with Crippen LogP contribution in [0.25, 0.3) is 5.69 Å². The van der Waals surface area contributed by atoms with Crippen LogP contribution in [0.5, 0.6) is 0 Å². The number of nitrogens with zero attached hydrogens (tertiary/aromatic N) is 3. The molecular weight excluding hydrogens is 424 g/mol. The van der Waals surface area contributed by atoms with Crippen molar-refractivity contribution >= 4 is 17.5 Å². The number of ether oxygens (including phenoxy) is 1. The molecule has 6 nitrogen and oxygen atoms in total. The lowest BCUT2D eigenvalue weighted by atomic mass is 10.0. The predicted octanol–water partition coefficient (Wildman–Crippen LogP) is 4.45. The maximum absolute atomic E-state index is 13.3. The van der Waals surface area contributed by atoms with Crippen LogP contribution in [0.4, 0.5) is 0 Å². The summed E-state index contributed by atoms with van der Waals surface area (Å²) in [6.07, 6.45) is 1.65. The number of halogens is 1. The van der Waals surface area contributed by atoms with Crippen molar-refractivity contribution in [1.82, 2.24) is 20.0 Å². The van der Waals surface area contributed by atoms with Crippen molar-refractivity contribution in [3.05, 3.63) is 82.6 Å². The smallest absolute Gasteiger partial charge is 0.254 e. The number of hydrogen-bond donors (Lipinski definition) is 1. The van der Waals surface area contributed by atoms with Gasteiger partial charge in [0, 0.05) is 24.7 Å². The number of amides is 1. The molecule has 1 atom stereocenters. The van der Waals surface area contributed by atoms with Gasteiger partial charge in [0.15, 0.2) is 0 Å². The van der Waals surface area contributed by atoms with E-state index in [0.717, 1.165) is 24.5 Å². The van der Waals surface area contributed by atoms with Crippen molar-refractivity contribution < 1.29 is 9.53 Å². The lowest BCUT2D eigenvalue weighted by molar-refractivity contribution is 0.0162. The summed E-state index contributed by atoms with van der Waals surface area (Å²) in [4.78, 5) is 15.6. The molecule has 1 saturated heterocycles. The third-order valence-corrected chi connectivity index (χ3v) is 6.01. The summed E-state index contributed by atoms with van der Waals surface area (Å²) in [6, 6.07) is 17.9. The number of carbonyl (C=O) groups is 1. The number of benzene rings is 2. The van der Waals surface area contributed by atoms with Crippen molar-refractivity contribution in [2.24, 2.45) is 0 Å². The predicted molar refractivity (Wildman–Crippen MR) is 127 cm³/mol. The van der Waals surface area contributed by atoms with E-state index in [4.69, 9.17) is 16.3 Å². The minimum absolute atomic E-state index is 0.0922. The fourth-order valence-corrected chi connectivity index (χ4v) is 4.39. The molecule has 1 N–H and O–H groups in total. The highest BCUT2D eigenvalue weighted by Gasteiger charge is 2.25. The van der Waals surface area contributed by atoms with Gasteiger partial charge >= 0.3 is 0 Å². The molecule has 2 heterocycles. The molecule has 0 bridgehead atoms. The van der Waals surface area contributed by atoms with Crippen molar-refractivity contribution in [2.75, 3.05) is 32.8 Å². The Morgan fingerprint density at radius 2 is 1.88 bits per heavy atom. The van der Waals surface area contributed by atoms with E-state index >= 15 is 0 Å². The molecule has 1 aliphatic heterocycles. The molecule has 0 radical (unpaired) electrons. The Balaban J connectivity index is 1.56. The first kappa shape index (κ1) is 22.5. The van der Waals surface area contributed by atoms with E-state index in [0.29, 0.717) is 30.3 Å². The highest BCUT2D eigenvalue weighted by Crippen LogP contribution is 2.25. The van der Waals surface area contributed by atoms with E-state index in [1.807, 2.05) is 47.1 Å². The van der Waals surface area contributed by atoms with Gasteiger partial charge < -0.3 is 10.1 Å². The Hall–Kier alpha value is -2.67. The Morgan fingerprint density at radius 1 is 1.12 bits per heavy atom. The lowest BCUT2D eigenvalue weighted by Crippen LogP contribution is -2.43. The minimum atomic E-state index is -0.115. The summed E-state index contributed by atoms with van der Waals surface area (Å²) in [5, 5.41) is 8.31. The molecule has 2 aromatic carbocycles. The number of aromatic nitrogens is 2. The van der Waals surface area contributed by atoms with Crippen LogP contribution in [0.15, 0.2) is 60.8 Å². The largest absolute Gasteiger partial charge is 0.379 e. The van der Waals surface area contributed by atoms with E-state index in [2.05, 4.69) is 41.3 Å². The van der Waals surface area contributed by atoms with Crippen molar-refractivity contribution in [2.45, 2.75) is 25.8 Å². The summed E-state index contributed by atoms with van der Waals surface area (Å²) in [6.45, 7) is 7.76. The first-order chi connectivity index (χ1) is 15.5. The molecule has 0 aliphatic carbocycles. The second kappa shape index (κ2) is 10.3. The van der Waals surface area contributed by atoms with E-state index in [9.17, 15) is 4.79 Å². The van der Waals surface area contributed by atoms with Crippen LogP contribution in [-0.4, -0.2) is 53.4 Å².